The smallest absolute Gasteiger partial charge is 0.0159 e. The van der Waals surface area contributed by atoms with Gasteiger partial charge >= 0.3 is 0 Å². The number of hydrogen-bond acceptors (Lipinski definition) is 3. The Balaban J connectivity index is 3.53. The lowest BCUT2D eigenvalue weighted by Crippen LogP contribution is -2.03. The molecule has 0 bridgehead atoms. The van der Waals surface area contributed by atoms with E-state index < -0.39 is 0 Å². The quantitative estimate of drug-likeness (QED) is 0.468. The van der Waals surface area contributed by atoms with Gasteiger partial charge in [-0.15, -0.1) is 0 Å². The van der Waals surface area contributed by atoms with E-state index in [2.05, 4.69) is 56.2 Å². The van der Waals surface area contributed by atoms with Crippen LogP contribution in [0.4, 0.5) is 0 Å². The van der Waals surface area contributed by atoms with Crippen LogP contribution in [0.15, 0.2) is 0 Å². The van der Waals surface area contributed by atoms with E-state index in [1.165, 1.54) is 25.7 Å². The van der Waals surface area contributed by atoms with Gasteiger partial charge in [0.25, 0.3) is 0 Å². The van der Waals surface area contributed by atoms with Crippen LogP contribution in [-0.2, 0) is 0 Å². The van der Waals surface area contributed by atoms with E-state index in [4.69, 9.17) is 0 Å². The van der Waals surface area contributed by atoms with Gasteiger partial charge in [0, 0.05) is 10.5 Å². The first-order valence-electron chi connectivity index (χ1n) is 6.08. The molecule has 0 spiro atoms. The van der Waals surface area contributed by atoms with E-state index in [-0.39, 0.29) is 0 Å². The normalized spacial score (nSPS) is 15.6. The fourth-order valence-electron chi connectivity index (χ4n) is 1.40. The summed E-state index contributed by atoms with van der Waals surface area (Å²) in [6.07, 6.45) is 5.32. The van der Waals surface area contributed by atoms with E-state index in [0.29, 0.717) is 0 Å². The summed E-state index contributed by atoms with van der Waals surface area (Å²) in [4.78, 5) is 0. The summed E-state index contributed by atoms with van der Waals surface area (Å²) in [7, 11) is 6.14. The van der Waals surface area contributed by atoms with Crippen LogP contribution < -0.4 is 0 Å². The first kappa shape index (κ1) is 16.1. The largest absolute Gasteiger partial charge is 0.0794 e. The van der Waals surface area contributed by atoms with Crippen LogP contribution in [0.3, 0.4) is 0 Å². The third-order valence-electron chi connectivity index (χ3n) is 2.26. The number of hydrogen-bond donors (Lipinski definition) is 0. The molecule has 0 saturated heterocycles. The van der Waals surface area contributed by atoms with Crippen molar-refractivity contribution in [1.82, 2.24) is 0 Å². The highest BCUT2D eigenvalue weighted by atomic mass is 33.5. The van der Waals surface area contributed by atoms with E-state index in [9.17, 15) is 0 Å². The molecule has 0 aromatic carbocycles. The van der Waals surface area contributed by atoms with Crippen molar-refractivity contribution >= 4 is 31.4 Å². The van der Waals surface area contributed by atoms with Crippen molar-refractivity contribution in [2.45, 2.75) is 70.8 Å². The molecule has 0 aliphatic heterocycles. The molecule has 0 heterocycles. The van der Waals surface area contributed by atoms with Gasteiger partial charge in [0.05, 0.1) is 0 Å². The Morgan fingerprint density at radius 1 is 1.00 bits per heavy atom. The van der Waals surface area contributed by atoms with E-state index in [0.717, 1.165) is 16.4 Å². The van der Waals surface area contributed by atoms with Crippen LogP contribution in [0.25, 0.3) is 0 Å². The minimum atomic E-state index is 0.809. The summed E-state index contributed by atoms with van der Waals surface area (Å²) in [5.41, 5.74) is 0. The van der Waals surface area contributed by atoms with Gasteiger partial charge in [-0.1, -0.05) is 62.6 Å². The van der Waals surface area contributed by atoms with Gasteiger partial charge in [-0.3, -0.25) is 0 Å². The fraction of sp³-hybridized carbons (Fsp3) is 1.00. The molecular formula is C12H26S3. The second kappa shape index (κ2) is 10.2. The Morgan fingerprint density at radius 3 is 2.13 bits per heavy atom. The summed E-state index contributed by atoms with van der Waals surface area (Å²) >= 11 is 0. The highest BCUT2D eigenvalue weighted by Gasteiger charge is 2.11. The molecule has 0 aliphatic carbocycles. The first-order chi connectivity index (χ1) is 7.10. The molecule has 0 nitrogen and oxygen atoms in total. The van der Waals surface area contributed by atoms with Crippen LogP contribution in [0.1, 0.15) is 60.3 Å². The zero-order chi connectivity index (χ0) is 11.7. The topological polar surface area (TPSA) is 0 Å². The van der Waals surface area contributed by atoms with Gasteiger partial charge in [-0.05, 0) is 35.0 Å². The molecule has 0 amide bonds. The van der Waals surface area contributed by atoms with Crippen molar-refractivity contribution in [2.24, 2.45) is 5.92 Å². The van der Waals surface area contributed by atoms with Crippen LogP contribution >= 0.6 is 31.4 Å². The second-order valence-electron chi connectivity index (χ2n) is 4.52. The molecule has 0 saturated carbocycles. The third-order valence-corrected chi connectivity index (χ3v) is 7.47. The average Bonchev–Trinajstić information content (AvgIpc) is 2.16. The van der Waals surface area contributed by atoms with Crippen LogP contribution in [0.5, 0.6) is 0 Å². The highest BCUT2D eigenvalue weighted by Crippen LogP contribution is 2.43. The summed E-state index contributed by atoms with van der Waals surface area (Å²) in [5.74, 6) is 0.834. The predicted octanol–water partition coefficient (Wildman–Crippen LogP) is 6.03. The standard InChI is InChI=1S/C12H26S3/c1-6-8-11(5)13-15-14-12(7-2)9-10(3)4/h10-12H,6-9H2,1-5H3. The maximum absolute atomic E-state index is 2.34. The highest BCUT2D eigenvalue weighted by molar-refractivity contribution is 9.09. The molecule has 92 valence electrons. The lowest BCUT2D eigenvalue weighted by Gasteiger charge is -2.16. The number of rotatable bonds is 9. The van der Waals surface area contributed by atoms with Gasteiger partial charge in [0.1, 0.15) is 0 Å². The van der Waals surface area contributed by atoms with Crippen molar-refractivity contribution in [2.75, 3.05) is 0 Å². The zero-order valence-corrected chi connectivity index (χ0v) is 13.2. The lowest BCUT2D eigenvalue weighted by atomic mass is 10.1. The maximum Gasteiger partial charge on any atom is 0.0159 e. The Morgan fingerprint density at radius 2 is 1.67 bits per heavy atom. The lowest BCUT2D eigenvalue weighted by molar-refractivity contribution is 0.562. The molecule has 0 fully saturated rings. The Labute approximate surface area is 108 Å². The third kappa shape index (κ3) is 9.95. The van der Waals surface area contributed by atoms with Crippen molar-refractivity contribution in [3.63, 3.8) is 0 Å². The SMILES string of the molecule is CCCC(C)SSSC(CC)CC(C)C. The molecule has 0 rings (SSSR count). The minimum Gasteiger partial charge on any atom is -0.0794 e. The molecule has 0 radical (unpaired) electrons. The molecular weight excluding hydrogens is 240 g/mol. The zero-order valence-electron chi connectivity index (χ0n) is 10.8. The van der Waals surface area contributed by atoms with Crippen LogP contribution in [-0.4, -0.2) is 10.5 Å². The van der Waals surface area contributed by atoms with Gasteiger partial charge in [0.15, 0.2) is 0 Å². The Kier molecular flexibility index (Phi) is 10.9. The first-order valence-corrected chi connectivity index (χ1v) is 9.69. The Bertz CT molecular complexity index is 137. The molecule has 0 aliphatic rings. The molecule has 3 heteroatoms. The van der Waals surface area contributed by atoms with E-state index in [1.807, 2.05) is 9.83 Å². The predicted molar refractivity (Wildman–Crippen MR) is 80.7 cm³/mol. The van der Waals surface area contributed by atoms with Crippen molar-refractivity contribution in [1.29, 1.82) is 0 Å². The van der Waals surface area contributed by atoms with Crippen LogP contribution in [0.2, 0.25) is 0 Å². The van der Waals surface area contributed by atoms with Gasteiger partial charge in [0.2, 0.25) is 0 Å². The van der Waals surface area contributed by atoms with E-state index in [1.54, 1.807) is 0 Å². The molecule has 0 aromatic heterocycles. The van der Waals surface area contributed by atoms with E-state index >= 15 is 0 Å². The summed E-state index contributed by atoms with van der Waals surface area (Å²) in [5, 5.41) is 1.65. The van der Waals surface area contributed by atoms with Crippen molar-refractivity contribution < 1.29 is 0 Å². The molecule has 0 N–H and O–H groups in total. The Hall–Kier alpha value is 1.05. The van der Waals surface area contributed by atoms with Gasteiger partial charge in [-0.2, -0.15) is 0 Å². The molecule has 2 atom stereocenters. The van der Waals surface area contributed by atoms with Crippen molar-refractivity contribution in [3.05, 3.63) is 0 Å². The summed E-state index contributed by atoms with van der Waals surface area (Å²) in [6, 6.07) is 0. The van der Waals surface area contributed by atoms with Gasteiger partial charge < -0.3 is 0 Å². The average molecular weight is 267 g/mol. The molecule has 15 heavy (non-hydrogen) atoms. The summed E-state index contributed by atoms with van der Waals surface area (Å²) < 4.78 is 0. The summed E-state index contributed by atoms with van der Waals surface area (Å²) in [6.45, 7) is 11.6. The fourth-order valence-corrected chi connectivity index (χ4v) is 7.04. The maximum atomic E-state index is 2.34. The van der Waals surface area contributed by atoms with Crippen molar-refractivity contribution in [3.8, 4) is 0 Å². The minimum absolute atomic E-state index is 0.809. The monoisotopic (exact) mass is 266 g/mol. The second-order valence-corrected chi connectivity index (χ2v) is 9.30. The van der Waals surface area contributed by atoms with Gasteiger partial charge in [-0.25, -0.2) is 0 Å². The molecule has 0 aromatic rings. The van der Waals surface area contributed by atoms with Crippen LogP contribution in [0, 0.1) is 5.92 Å². The molecule has 2 unspecified atom stereocenters.